The second-order valence-corrected chi connectivity index (χ2v) is 8.02. The zero-order chi connectivity index (χ0) is 19.8. The van der Waals surface area contributed by atoms with Crippen molar-refractivity contribution in [3.05, 3.63) is 70.4 Å². The van der Waals surface area contributed by atoms with Crippen molar-refractivity contribution in [2.24, 2.45) is 5.92 Å². The molecule has 0 N–H and O–H groups in total. The average Bonchev–Trinajstić information content (AvgIpc) is 2.95. The smallest absolute Gasteiger partial charge is 0.282 e. The van der Waals surface area contributed by atoms with Crippen LogP contribution in [0.1, 0.15) is 30.9 Å². The van der Waals surface area contributed by atoms with Gasteiger partial charge in [0.15, 0.2) is 0 Å². The first-order valence-electron chi connectivity index (χ1n) is 9.67. The Hall–Kier alpha value is -2.59. The van der Waals surface area contributed by atoms with Crippen molar-refractivity contribution in [2.75, 3.05) is 18.0 Å². The number of halogens is 1. The molecular formula is C23H23ClN2O2. The molecule has 2 heterocycles. The molecule has 0 aromatic heterocycles. The van der Waals surface area contributed by atoms with E-state index in [1.54, 1.807) is 18.2 Å². The molecule has 1 atom stereocenters. The van der Waals surface area contributed by atoms with E-state index in [4.69, 9.17) is 11.6 Å². The van der Waals surface area contributed by atoms with E-state index in [-0.39, 0.29) is 11.8 Å². The van der Waals surface area contributed by atoms with Gasteiger partial charge in [0.25, 0.3) is 11.8 Å². The van der Waals surface area contributed by atoms with E-state index >= 15 is 0 Å². The predicted molar refractivity (Wildman–Crippen MR) is 112 cm³/mol. The number of anilines is 1. The molecular weight excluding hydrogens is 372 g/mol. The van der Waals surface area contributed by atoms with Gasteiger partial charge in [-0.3, -0.25) is 9.59 Å². The first kappa shape index (κ1) is 18.8. The minimum atomic E-state index is -0.283. The van der Waals surface area contributed by atoms with Crippen LogP contribution in [0.15, 0.2) is 54.2 Å². The van der Waals surface area contributed by atoms with Gasteiger partial charge in [-0.1, -0.05) is 54.9 Å². The summed E-state index contributed by atoms with van der Waals surface area (Å²) in [6.07, 6.45) is 2.16. The SMILES string of the molecule is Cc1c(Cl)cccc1N1C(=O)C(c2ccccc2)=C(N2CCCC(C)C2)C1=O. The van der Waals surface area contributed by atoms with E-state index in [1.165, 1.54) is 4.90 Å². The Kier molecular flexibility index (Phi) is 4.98. The van der Waals surface area contributed by atoms with Gasteiger partial charge in [-0.25, -0.2) is 4.90 Å². The molecule has 2 aliphatic rings. The van der Waals surface area contributed by atoms with Crippen molar-refractivity contribution in [3.8, 4) is 0 Å². The standard InChI is InChI=1S/C23H23ClN2O2/c1-15-8-7-13-25(14-15)21-20(17-9-4-3-5-10-17)22(27)26(23(21)28)19-12-6-11-18(24)16(19)2/h3-6,9-12,15H,7-8,13-14H2,1-2H3. The van der Waals surface area contributed by atoms with Crippen molar-refractivity contribution >= 4 is 34.7 Å². The zero-order valence-corrected chi connectivity index (χ0v) is 16.9. The van der Waals surface area contributed by atoms with Crippen molar-refractivity contribution in [1.82, 2.24) is 4.90 Å². The molecule has 144 valence electrons. The Morgan fingerprint density at radius 3 is 2.46 bits per heavy atom. The Balaban J connectivity index is 1.85. The molecule has 1 fully saturated rings. The number of amides is 2. The second kappa shape index (κ2) is 7.44. The number of hydrogen-bond acceptors (Lipinski definition) is 3. The lowest BCUT2D eigenvalue weighted by Gasteiger charge is -2.33. The predicted octanol–water partition coefficient (Wildman–Crippen LogP) is 4.66. The summed E-state index contributed by atoms with van der Waals surface area (Å²) in [4.78, 5) is 30.4. The number of piperidine rings is 1. The van der Waals surface area contributed by atoms with Gasteiger partial charge >= 0.3 is 0 Å². The van der Waals surface area contributed by atoms with Crippen LogP contribution in [-0.2, 0) is 9.59 Å². The summed E-state index contributed by atoms with van der Waals surface area (Å²) < 4.78 is 0. The number of carbonyl (C=O) groups is 2. The monoisotopic (exact) mass is 394 g/mol. The van der Waals surface area contributed by atoms with Gasteiger partial charge in [0, 0.05) is 18.1 Å². The van der Waals surface area contributed by atoms with E-state index in [0.29, 0.717) is 27.9 Å². The molecule has 0 bridgehead atoms. The second-order valence-electron chi connectivity index (χ2n) is 7.61. The Morgan fingerprint density at radius 2 is 1.75 bits per heavy atom. The van der Waals surface area contributed by atoms with Gasteiger partial charge < -0.3 is 4.90 Å². The first-order chi connectivity index (χ1) is 13.5. The maximum Gasteiger partial charge on any atom is 0.282 e. The summed E-state index contributed by atoms with van der Waals surface area (Å²) in [6.45, 7) is 5.60. The molecule has 1 unspecified atom stereocenters. The maximum atomic E-state index is 13.5. The van der Waals surface area contributed by atoms with Crippen molar-refractivity contribution in [2.45, 2.75) is 26.7 Å². The van der Waals surface area contributed by atoms with E-state index < -0.39 is 0 Å². The normalized spacial score (nSPS) is 20.3. The minimum Gasteiger partial charge on any atom is -0.366 e. The first-order valence-corrected chi connectivity index (χ1v) is 10.1. The van der Waals surface area contributed by atoms with E-state index in [2.05, 4.69) is 11.8 Å². The van der Waals surface area contributed by atoms with Crippen LogP contribution in [0, 0.1) is 12.8 Å². The van der Waals surface area contributed by atoms with Crippen LogP contribution < -0.4 is 4.90 Å². The molecule has 5 heteroatoms. The number of nitrogens with zero attached hydrogens (tertiary/aromatic N) is 2. The number of carbonyl (C=O) groups excluding carboxylic acids is 2. The van der Waals surface area contributed by atoms with Crippen LogP contribution in [0.25, 0.3) is 5.57 Å². The highest BCUT2D eigenvalue weighted by Crippen LogP contribution is 2.38. The van der Waals surface area contributed by atoms with Gasteiger partial charge in [0.1, 0.15) is 5.70 Å². The van der Waals surface area contributed by atoms with Crippen molar-refractivity contribution in [1.29, 1.82) is 0 Å². The summed E-state index contributed by atoms with van der Waals surface area (Å²) in [5.41, 5.74) is 3.06. The molecule has 0 aliphatic carbocycles. The van der Waals surface area contributed by atoms with E-state index in [0.717, 1.165) is 37.1 Å². The number of hydrogen-bond donors (Lipinski definition) is 0. The number of likely N-dealkylation sites (tertiary alicyclic amines) is 1. The van der Waals surface area contributed by atoms with Crippen LogP contribution in [0.4, 0.5) is 5.69 Å². The Morgan fingerprint density at radius 1 is 1.00 bits per heavy atom. The summed E-state index contributed by atoms with van der Waals surface area (Å²) in [5.74, 6) is -0.0544. The fourth-order valence-electron chi connectivity index (χ4n) is 4.13. The number of imide groups is 1. The largest absolute Gasteiger partial charge is 0.366 e. The molecule has 4 rings (SSSR count). The van der Waals surface area contributed by atoms with Crippen LogP contribution in [0.5, 0.6) is 0 Å². The van der Waals surface area contributed by atoms with E-state index in [1.807, 2.05) is 37.3 Å². The summed E-state index contributed by atoms with van der Waals surface area (Å²) in [6, 6.07) is 14.8. The highest BCUT2D eigenvalue weighted by atomic mass is 35.5. The molecule has 2 aromatic carbocycles. The highest BCUT2D eigenvalue weighted by Gasteiger charge is 2.43. The summed E-state index contributed by atoms with van der Waals surface area (Å²) in [5, 5.41) is 0.541. The third-order valence-electron chi connectivity index (χ3n) is 5.58. The van der Waals surface area contributed by atoms with Gasteiger partial charge in [-0.05, 0) is 48.9 Å². The molecule has 2 amide bonds. The van der Waals surface area contributed by atoms with E-state index in [9.17, 15) is 9.59 Å². The van der Waals surface area contributed by atoms with Crippen LogP contribution in [-0.4, -0.2) is 29.8 Å². The third-order valence-corrected chi connectivity index (χ3v) is 5.98. The average molecular weight is 395 g/mol. The topological polar surface area (TPSA) is 40.6 Å². The molecule has 0 spiro atoms. The molecule has 28 heavy (non-hydrogen) atoms. The lowest BCUT2D eigenvalue weighted by atomic mass is 9.98. The quantitative estimate of drug-likeness (QED) is 0.710. The lowest BCUT2D eigenvalue weighted by molar-refractivity contribution is -0.120. The fourth-order valence-corrected chi connectivity index (χ4v) is 4.30. The van der Waals surface area contributed by atoms with Gasteiger partial charge in [0.05, 0.1) is 11.3 Å². The molecule has 1 saturated heterocycles. The fraction of sp³-hybridized carbons (Fsp3) is 0.304. The minimum absolute atomic E-state index is 0.261. The summed E-state index contributed by atoms with van der Waals surface area (Å²) >= 11 is 6.27. The number of benzene rings is 2. The van der Waals surface area contributed by atoms with Crippen molar-refractivity contribution in [3.63, 3.8) is 0 Å². The van der Waals surface area contributed by atoms with Crippen LogP contribution in [0.2, 0.25) is 5.02 Å². The zero-order valence-electron chi connectivity index (χ0n) is 16.1. The molecule has 0 radical (unpaired) electrons. The third kappa shape index (κ3) is 3.12. The van der Waals surface area contributed by atoms with Gasteiger partial charge in [-0.2, -0.15) is 0 Å². The van der Waals surface area contributed by atoms with Crippen molar-refractivity contribution < 1.29 is 9.59 Å². The van der Waals surface area contributed by atoms with Gasteiger partial charge in [-0.15, -0.1) is 0 Å². The molecule has 4 nitrogen and oxygen atoms in total. The lowest BCUT2D eigenvalue weighted by Crippen LogP contribution is -2.39. The Bertz CT molecular complexity index is 968. The maximum absolute atomic E-state index is 13.5. The van der Waals surface area contributed by atoms with Crippen LogP contribution >= 0.6 is 11.6 Å². The van der Waals surface area contributed by atoms with Gasteiger partial charge in [0.2, 0.25) is 0 Å². The van der Waals surface area contributed by atoms with Crippen LogP contribution in [0.3, 0.4) is 0 Å². The molecule has 2 aromatic rings. The number of rotatable bonds is 3. The Labute approximate surface area is 170 Å². The molecule has 2 aliphatic heterocycles. The highest BCUT2D eigenvalue weighted by molar-refractivity contribution is 6.46. The summed E-state index contributed by atoms with van der Waals surface area (Å²) in [7, 11) is 0. The molecule has 0 saturated carbocycles.